The van der Waals surface area contributed by atoms with Gasteiger partial charge in [0.2, 0.25) is 0 Å². The van der Waals surface area contributed by atoms with Crippen molar-refractivity contribution in [3.8, 4) is 22.3 Å². The normalized spacial score (nSPS) is 11.0. The van der Waals surface area contributed by atoms with Gasteiger partial charge in [-0.05, 0) is 41.5 Å². The molecule has 1 heterocycles. The van der Waals surface area contributed by atoms with Crippen molar-refractivity contribution < 1.29 is 8.78 Å². The fraction of sp³-hybridized carbons (Fsp3) is 0.0455. The molecule has 3 aromatic carbocycles. The zero-order valence-corrected chi connectivity index (χ0v) is 14.0. The first-order chi connectivity index (χ1) is 12.6. The number of hydrogen-bond donors (Lipinski definition) is 0. The molecule has 4 heteroatoms. The Morgan fingerprint density at radius 2 is 1.19 bits per heavy atom. The Morgan fingerprint density at radius 1 is 0.692 bits per heavy atom. The van der Waals surface area contributed by atoms with Crippen LogP contribution in [0, 0.1) is 11.6 Å². The van der Waals surface area contributed by atoms with E-state index < -0.39 is 0 Å². The molecule has 0 amide bonds. The number of benzene rings is 3. The van der Waals surface area contributed by atoms with Crippen molar-refractivity contribution >= 4 is 10.9 Å². The fourth-order valence-electron chi connectivity index (χ4n) is 3.30. The van der Waals surface area contributed by atoms with Crippen molar-refractivity contribution in [2.75, 3.05) is 0 Å². The zero-order valence-electron chi connectivity index (χ0n) is 14.0. The fourth-order valence-corrected chi connectivity index (χ4v) is 3.30. The van der Waals surface area contributed by atoms with E-state index in [1.54, 1.807) is 35.9 Å². The van der Waals surface area contributed by atoms with Crippen LogP contribution < -0.4 is 5.56 Å². The van der Waals surface area contributed by atoms with Gasteiger partial charge in [0.15, 0.2) is 0 Å². The average molecular weight is 347 g/mol. The Hall–Kier alpha value is -3.27. The van der Waals surface area contributed by atoms with Gasteiger partial charge in [0.25, 0.3) is 5.56 Å². The van der Waals surface area contributed by atoms with Crippen LogP contribution >= 0.6 is 0 Å². The summed E-state index contributed by atoms with van der Waals surface area (Å²) >= 11 is 0. The third kappa shape index (κ3) is 2.60. The van der Waals surface area contributed by atoms with Crippen LogP contribution in [-0.4, -0.2) is 4.57 Å². The van der Waals surface area contributed by atoms with Gasteiger partial charge in [-0.1, -0.05) is 42.5 Å². The molecular formula is C22H15F2NO. The number of fused-ring (bicyclic) bond motifs is 1. The van der Waals surface area contributed by atoms with E-state index in [0.717, 1.165) is 22.0 Å². The van der Waals surface area contributed by atoms with Gasteiger partial charge >= 0.3 is 0 Å². The topological polar surface area (TPSA) is 22.0 Å². The van der Waals surface area contributed by atoms with Gasteiger partial charge in [0.1, 0.15) is 11.6 Å². The predicted molar refractivity (Wildman–Crippen MR) is 100.0 cm³/mol. The summed E-state index contributed by atoms with van der Waals surface area (Å²) in [6, 6.07) is 19.5. The minimum Gasteiger partial charge on any atom is -0.311 e. The molecule has 0 unspecified atom stereocenters. The predicted octanol–water partition coefficient (Wildman–Crippen LogP) is 5.15. The summed E-state index contributed by atoms with van der Waals surface area (Å²) in [7, 11) is 1.71. The Kier molecular flexibility index (Phi) is 3.88. The molecule has 26 heavy (non-hydrogen) atoms. The second-order valence-electron chi connectivity index (χ2n) is 6.15. The van der Waals surface area contributed by atoms with Crippen molar-refractivity contribution in [2.24, 2.45) is 7.05 Å². The highest BCUT2D eigenvalue weighted by atomic mass is 19.1. The lowest BCUT2D eigenvalue weighted by Gasteiger charge is -2.16. The van der Waals surface area contributed by atoms with Gasteiger partial charge < -0.3 is 4.57 Å². The second kappa shape index (κ2) is 6.23. The second-order valence-corrected chi connectivity index (χ2v) is 6.15. The maximum Gasteiger partial charge on any atom is 0.259 e. The number of halogens is 2. The summed E-state index contributed by atoms with van der Waals surface area (Å²) in [6.07, 6.45) is 0. The number of para-hydroxylation sites is 1. The number of aryl methyl sites for hydroxylation is 1. The highest BCUT2D eigenvalue weighted by Gasteiger charge is 2.18. The van der Waals surface area contributed by atoms with Crippen LogP contribution in [0.15, 0.2) is 77.6 Å². The molecule has 0 radical (unpaired) electrons. The van der Waals surface area contributed by atoms with Crippen molar-refractivity contribution in [2.45, 2.75) is 0 Å². The summed E-state index contributed by atoms with van der Waals surface area (Å²) < 4.78 is 28.4. The molecule has 0 aliphatic heterocycles. The van der Waals surface area contributed by atoms with Gasteiger partial charge in [-0.15, -0.1) is 0 Å². The number of pyridine rings is 1. The van der Waals surface area contributed by atoms with Gasteiger partial charge in [-0.2, -0.15) is 0 Å². The summed E-state index contributed by atoms with van der Waals surface area (Å²) in [5.41, 5.74) is 3.14. The molecule has 0 saturated heterocycles. The van der Waals surface area contributed by atoms with Crippen molar-refractivity contribution in [3.05, 3.63) is 94.8 Å². The Bertz CT molecular complexity index is 1160. The molecule has 0 bridgehead atoms. The van der Waals surface area contributed by atoms with Crippen LogP contribution in [0.2, 0.25) is 0 Å². The summed E-state index contributed by atoms with van der Waals surface area (Å²) in [4.78, 5) is 13.1. The van der Waals surface area contributed by atoms with Crippen molar-refractivity contribution in [3.63, 3.8) is 0 Å². The molecule has 0 fully saturated rings. The highest BCUT2D eigenvalue weighted by Crippen LogP contribution is 2.35. The molecule has 0 saturated carbocycles. The number of hydrogen-bond acceptors (Lipinski definition) is 1. The molecular weight excluding hydrogens is 332 g/mol. The van der Waals surface area contributed by atoms with Crippen LogP contribution in [0.4, 0.5) is 8.78 Å². The maximum absolute atomic E-state index is 13.4. The molecule has 1 aromatic heterocycles. The lowest BCUT2D eigenvalue weighted by molar-refractivity contribution is 0.627. The minimum atomic E-state index is -0.366. The third-order valence-corrected chi connectivity index (χ3v) is 4.57. The zero-order chi connectivity index (χ0) is 18.3. The highest BCUT2D eigenvalue weighted by molar-refractivity contribution is 6.02. The molecule has 0 N–H and O–H groups in total. The van der Waals surface area contributed by atoms with E-state index in [2.05, 4.69) is 0 Å². The molecule has 0 spiro atoms. The standard InChI is InChI=1S/C22H15F2NO/c1-25-19-5-3-2-4-18(19)20(14-6-10-16(23)11-7-14)21(22(25)26)15-8-12-17(24)13-9-15/h2-13H,1H3. The summed E-state index contributed by atoms with van der Waals surface area (Å²) in [5, 5.41) is 0.875. The molecule has 2 nitrogen and oxygen atoms in total. The van der Waals surface area contributed by atoms with E-state index in [0.29, 0.717) is 11.1 Å². The first-order valence-electron chi connectivity index (χ1n) is 8.20. The van der Waals surface area contributed by atoms with Crippen molar-refractivity contribution in [1.82, 2.24) is 4.57 Å². The molecule has 0 aliphatic rings. The lowest BCUT2D eigenvalue weighted by atomic mass is 9.92. The van der Waals surface area contributed by atoms with E-state index in [-0.39, 0.29) is 17.2 Å². The quantitative estimate of drug-likeness (QED) is 0.491. The van der Waals surface area contributed by atoms with Gasteiger partial charge in [0, 0.05) is 18.0 Å². The van der Waals surface area contributed by atoms with E-state index >= 15 is 0 Å². The summed E-state index contributed by atoms with van der Waals surface area (Å²) in [6.45, 7) is 0. The van der Waals surface area contributed by atoms with Crippen molar-refractivity contribution in [1.29, 1.82) is 0 Å². The average Bonchev–Trinajstić information content (AvgIpc) is 2.66. The first kappa shape index (κ1) is 16.2. The van der Waals surface area contributed by atoms with Crippen LogP contribution in [0.3, 0.4) is 0 Å². The monoisotopic (exact) mass is 347 g/mol. The van der Waals surface area contributed by atoms with E-state index in [4.69, 9.17) is 0 Å². The van der Waals surface area contributed by atoms with Crippen LogP contribution in [0.1, 0.15) is 0 Å². The summed E-state index contributed by atoms with van der Waals surface area (Å²) in [5.74, 6) is -0.708. The number of rotatable bonds is 2. The van der Waals surface area contributed by atoms with Crippen LogP contribution in [0.5, 0.6) is 0 Å². The number of aromatic nitrogens is 1. The smallest absolute Gasteiger partial charge is 0.259 e. The Morgan fingerprint density at radius 3 is 1.77 bits per heavy atom. The first-order valence-corrected chi connectivity index (χ1v) is 8.20. The van der Waals surface area contributed by atoms with Gasteiger partial charge in [0.05, 0.1) is 11.1 Å². The van der Waals surface area contributed by atoms with Crippen LogP contribution in [0.25, 0.3) is 33.2 Å². The SMILES string of the molecule is Cn1c(=O)c(-c2ccc(F)cc2)c(-c2ccc(F)cc2)c2ccccc21. The third-order valence-electron chi connectivity index (χ3n) is 4.57. The Labute approximate surface area is 149 Å². The van der Waals surface area contributed by atoms with Gasteiger partial charge in [-0.25, -0.2) is 8.78 Å². The molecule has 0 atom stereocenters. The molecule has 4 rings (SSSR count). The van der Waals surface area contributed by atoms with Crippen LogP contribution in [-0.2, 0) is 7.05 Å². The lowest BCUT2D eigenvalue weighted by Crippen LogP contribution is -2.20. The number of nitrogens with zero attached hydrogens (tertiary/aromatic N) is 1. The molecule has 4 aromatic rings. The van der Waals surface area contributed by atoms with Gasteiger partial charge in [-0.3, -0.25) is 4.79 Å². The minimum absolute atomic E-state index is 0.186. The largest absolute Gasteiger partial charge is 0.311 e. The van der Waals surface area contributed by atoms with E-state index in [9.17, 15) is 13.6 Å². The van der Waals surface area contributed by atoms with E-state index in [1.807, 2.05) is 24.3 Å². The Balaban J connectivity index is 2.17. The van der Waals surface area contributed by atoms with E-state index in [1.165, 1.54) is 24.3 Å². The molecule has 0 aliphatic carbocycles. The molecule has 128 valence electrons. The maximum atomic E-state index is 13.4.